The molecule has 0 bridgehead atoms. The molecule has 1 aromatic heterocycles. The number of hydrogen-bond donors (Lipinski definition) is 4. The van der Waals surface area contributed by atoms with Gasteiger partial charge < -0.3 is 15.5 Å². The van der Waals surface area contributed by atoms with Gasteiger partial charge in [0.15, 0.2) is 0 Å². The number of aromatic nitrogens is 2. The number of nitrogens with one attached hydrogen (secondary N) is 2. The Bertz CT molecular complexity index is 646. The molecule has 0 aliphatic heterocycles. The number of benzene rings is 1. The number of amides is 1. The largest absolute Gasteiger partial charge is 0.478 e. The zero-order valence-electron chi connectivity index (χ0n) is 9.95. The van der Waals surface area contributed by atoms with Crippen LogP contribution in [0.25, 0.3) is 0 Å². The van der Waals surface area contributed by atoms with Gasteiger partial charge in [-0.25, -0.2) is 9.59 Å². The summed E-state index contributed by atoms with van der Waals surface area (Å²) in [5, 5.41) is 26.3. The lowest BCUT2D eigenvalue weighted by atomic mass is 10.1. The molecule has 102 valence electrons. The number of aromatic carboxylic acids is 2. The third kappa shape index (κ3) is 2.80. The van der Waals surface area contributed by atoms with Crippen LogP contribution in [0, 0.1) is 0 Å². The van der Waals surface area contributed by atoms with Gasteiger partial charge in [0.05, 0.1) is 11.1 Å². The Morgan fingerprint density at radius 2 is 1.65 bits per heavy atom. The predicted octanol–water partition coefficient (Wildman–Crippen LogP) is 1.06. The molecule has 0 saturated heterocycles. The summed E-state index contributed by atoms with van der Waals surface area (Å²) in [4.78, 5) is 33.6. The van der Waals surface area contributed by atoms with E-state index in [4.69, 9.17) is 10.2 Å². The second kappa shape index (κ2) is 5.22. The van der Waals surface area contributed by atoms with Crippen LogP contribution in [-0.2, 0) is 0 Å². The summed E-state index contributed by atoms with van der Waals surface area (Å²) in [5.41, 5.74) is -0.223. The molecule has 1 aromatic carbocycles. The van der Waals surface area contributed by atoms with E-state index in [-0.39, 0.29) is 22.5 Å². The van der Waals surface area contributed by atoms with E-state index in [1.807, 2.05) is 0 Å². The van der Waals surface area contributed by atoms with E-state index in [1.54, 1.807) is 0 Å². The molecule has 0 radical (unpaired) electrons. The fourth-order valence-corrected chi connectivity index (χ4v) is 1.53. The summed E-state index contributed by atoms with van der Waals surface area (Å²) in [7, 11) is 0. The minimum atomic E-state index is -1.29. The van der Waals surface area contributed by atoms with E-state index in [0.717, 1.165) is 6.07 Å². The molecule has 8 nitrogen and oxygen atoms in total. The molecule has 4 N–H and O–H groups in total. The van der Waals surface area contributed by atoms with Gasteiger partial charge >= 0.3 is 11.9 Å². The molecule has 0 atom stereocenters. The van der Waals surface area contributed by atoms with Gasteiger partial charge in [-0.2, -0.15) is 5.10 Å². The van der Waals surface area contributed by atoms with Gasteiger partial charge in [0.1, 0.15) is 5.69 Å². The van der Waals surface area contributed by atoms with Gasteiger partial charge in [0.25, 0.3) is 5.91 Å². The van der Waals surface area contributed by atoms with Crippen LogP contribution in [0.5, 0.6) is 0 Å². The third-order valence-corrected chi connectivity index (χ3v) is 2.43. The molecule has 1 heterocycles. The first-order valence-electron chi connectivity index (χ1n) is 5.40. The Hall–Kier alpha value is -3.16. The highest BCUT2D eigenvalue weighted by Crippen LogP contribution is 2.16. The van der Waals surface area contributed by atoms with Crippen molar-refractivity contribution in [3.8, 4) is 0 Å². The standard InChI is InChI=1S/C12H9N3O5/c16-10(9-1-2-13-15-9)14-8-4-6(11(17)18)3-7(5-8)12(19)20/h1-5H,(H,13,15)(H,14,16)(H,17,18)(H,19,20). The van der Waals surface area contributed by atoms with Crippen LogP contribution in [0.2, 0.25) is 0 Å². The average molecular weight is 275 g/mol. The Morgan fingerprint density at radius 3 is 2.10 bits per heavy atom. The zero-order chi connectivity index (χ0) is 14.7. The fraction of sp³-hybridized carbons (Fsp3) is 0. The summed E-state index contributed by atoms with van der Waals surface area (Å²) < 4.78 is 0. The van der Waals surface area contributed by atoms with E-state index in [0.29, 0.717) is 0 Å². The maximum Gasteiger partial charge on any atom is 0.335 e. The Morgan fingerprint density at radius 1 is 1.05 bits per heavy atom. The van der Waals surface area contributed by atoms with Crippen molar-refractivity contribution < 1.29 is 24.6 Å². The van der Waals surface area contributed by atoms with Crippen LogP contribution in [0.15, 0.2) is 30.5 Å². The van der Waals surface area contributed by atoms with Crippen molar-refractivity contribution in [1.82, 2.24) is 10.2 Å². The molecule has 2 rings (SSSR count). The Kier molecular flexibility index (Phi) is 3.47. The summed E-state index contributed by atoms with van der Waals surface area (Å²) in [6.07, 6.45) is 1.38. The number of H-pyrrole nitrogens is 1. The number of aromatic amines is 1. The quantitative estimate of drug-likeness (QED) is 0.659. The molecule has 0 aliphatic carbocycles. The molecule has 0 unspecified atom stereocenters. The van der Waals surface area contributed by atoms with Crippen LogP contribution >= 0.6 is 0 Å². The van der Waals surface area contributed by atoms with Crippen LogP contribution < -0.4 is 5.32 Å². The number of carboxylic acid groups (broad SMARTS) is 2. The van der Waals surface area contributed by atoms with E-state index in [9.17, 15) is 14.4 Å². The van der Waals surface area contributed by atoms with Crippen molar-refractivity contribution in [2.75, 3.05) is 5.32 Å². The lowest BCUT2D eigenvalue weighted by Gasteiger charge is -2.06. The lowest BCUT2D eigenvalue weighted by molar-refractivity contribution is 0.0696. The van der Waals surface area contributed by atoms with E-state index in [2.05, 4.69) is 15.5 Å². The number of rotatable bonds is 4. The van der Waals surface area contributed by atoms with Gasteiger partial charge in [-0.05, 0) is 24.3 Å². The highest BCUT2D eigenvalue weighted by Gasteiger charge is 2.14. The second-order valence-electron chi connectivity index (χ2n) is 3.83. The molecule has 0 aliphatic rings. The number of carboxylic acids is 2. The second-order valence-corrected chi connectivity index (χ2v) is 3.83. The maximum atomic E-state index is 11.8. The summed E-state index contributed by atoms with van der Waals surface area (Å²) in [5.74, 6) is -3.13. The first-order valence-corrected chi connectivity index (χ1v) is 5.40. The molecule has 20 heavy (non-hydrogen) atoms. The summed E-state index contributed by atoms with van der Waals surface area (Å²) in [6.45, 7) is 0. The molecule has 1 amide bonds. The summed E-state index contributed by atoms with van der Waals surface area (Å²) >= 11 is 0. The van der Waals surface area contributed by atoms with Gasteiger partial charge in [-0.3, -0.25) is 9.89 Å². The van der Waals surface area contributed by atoms with Gasteiger partial charge in [-0.15, -0.1) is 0 Å². The van der Waals surface area contributed by atoms with Crippen LogP contribution in [0.4, 0.5) is 5.69 Å². The molecule has 8 heteroatoms. The Balaban J connectivity index is 2.33. The number of anilines is 1. The molecule has 0 saturated carbocycles. The highest BCUT2D eigenvalue weighted by molar-refractivity contribution is 6.04. The molecule has 0 fully saturated rings. The fourth-order valence-electron chi connectivity index (χ4n) is 1.53. The summed E-state index contributed by atoms with van der Waals surface area (Å²) in [6, 6.07) is 4.77. The van der Waals surface area contributed by atoms with Crippen molar-refractivity contribution in [3.63, 3.8) is 0 Å². The SMILES string of the molecule is O=C(O)c1cc(NC(=O)c2ccn[nH]2)cc(C(=O)O)c1. The van der Waals surface area contributed by atoms with Crippen molar-refractivity contribution in [2.45, 2.75) is 0 Å². The molecular formula is C12H9N3O5. The third-order valence-electron chi connectivity index (χ3n) is 2.43. The van der Waals surface area contributed by atoms with Gasteiger partial charge in [0.2, 0.25) is 0 Å². The number of hydrogen-bond acceptors (Lipinski definition) is 4. The van der Waals surface area contributed by atoms with Gasteiger partial charge in [0, 0.05) is 11.9 Å². The van der Waals surface area contributed by atoms with Crippen LogP contribution in [0.3, 0.4) is 0 Å². The van der Waals surface area contributed by atoms with Crippen molar-refractivity contribution in [1.29, 1.82) is 0 Å². The normalized spacial score (nSPS) is 10.0. The van der Waals surface area contributed by atoms with E-state index in [1.165, 1.54) is 24.4 Å². The minimum Gasteiger partial charge on any atom is -0.478 e. The molecular weight excluding hydrogens is 266 g/mol. The lowest BCUT2D eigenvalue weighted by Crippen LogP contribution is -2.14. The zero-order valence-corrected chi connectivity index (χ0v) is 9.95. The van der Waals surface area contributed by atoms with Crippen molar-refractivity contribution in [3.05, 3.63) is 47.3 Å². The number of carbonyl (C=O) groups is 3. The monoisotopic (exact) mass is 275 g/mol. The highest BCUT2D eigenvalue weighted by atomic mass is 16.4. The van der Waals surface area contributed by atoms with Crippen LogP contribution in [0.1, 0.15) is 31.2 Å². The first kappa shape index (κ1) is 13.3. The number of nitrogens with zero attached hydrogens (tertiary/aromatic N) is 1. The van der Waals surface area contributed by atoms with Crippen molar-refractivity contribution in [2.24, 2.45) is 0 Å². The van der Waals surface area contributed by atoms with Crippen LogP contribution in [-0.4, -0.2) is 38.3 Å². The van der Waals surface area contributed by atoms with E-state index >= 15 is 0 Å². The Labute approximate surface area is 112 Å². The predicted molar refractivity (Wildman–Crippen MR) is 66.9 cm³/mol. The smallest absolute Gasteiger partial charge is 0.335 e. The van der Waals surface area contributed by atoms with Crippen molar-refractivity contribution >= 4 is 23.5 Å². The average Bonchev–Trinajstić information content (AvgIpc) is 2.92. The minimum absolute atomic E-state index is 0.0712. The molecule has 0 spiro atoms. The van der Waals surface area contributed by atoms with E-state index < -0.39 is 17.8 Å². The topological polar surface area (TPSA) is 132 Å². The number of carbonyl (C=O) groups excluding carboxylic acids is 1. The van der Waals surface area contributed by atoms with Gasteiger partial charge in [-0.1, -0.05) is 0 Å². The first-order chi connectivity index (χ1) is 9.47. The maximum absolute atomic E-state index is 11.8. The molecule has 2 aromatic rings.